The fraction of sp³-hybridized carbons (Fsp3) is 0.480. The number of fused-ring (bicyclic) bond motifs is 3. The lowest BCUT2D eigenvalue weighted by Crippen LogP contribution is -2.48. The Hall–Kier alpha value is -2.30. The van der Waals surface area contributed by atoms with Crippen LogP contribution in [0, 0.1) is 17.8 Å². The number of halogens is 3. The van der Waals surface area contributed by atoms with Gasteiger partial charge in [-0.2, -0.15) is 13.2 Å². The minimum Gasteiger partial charge on any atom is -0.464 e. The van der Waals surface area contributed by atoms with Gasteiger partial charge < -0.3 is 4.74 Å². The van der Waals surface area contributed by atoms with E-state index in [2.05, 4.69) is 12.1 Å². The van der Waals surface area contributed by atoms with Gasteiger partial charge in [0.25, 0.3) is 5.78 Å². The van der Waals surface area contributed by atoms with Gasteiger partial charge in [0, 0.05) is 17.6 Å². The number of benzene rings is 2. The average molecular weight is 412 g/mol. The Kier molecular flexibility index (Phi) is 3.76. The third-order valence-electron chi connectivity index (χ3n) is 7.98. The first kappa shape index (κ1) is 18.5. The molecule has 0 atom stereocenters. The van der Waals surface area contributed by atoms with Crippen LogP contribution in [-0.4, -0.2) is 12.0 Å². The molecule has 4 aliphatic carbocycles. The van der Waals surface area contributed by atoms with Gasteiger partial charge >= 0.3 is 6.18 Å². The van der Waals surface area contributed by atoms with Gasteiger partial charge in [-0.1, -0.05) is 24.3 Å². The maximum Gasteiger partial charge on any atom is 0.454 e. The first-order valence-electron chi connectivity index (χ1n) is 10.8. The Morgan fingerprint density at radius 3 is 2.27 bits per heavy atom. The molecule has 0 N–H and O–H groups in total. The van der Waals surface area contributed by atoms with Crippen molar-refractivity contribution in [2.24, 2.45) is 17.8 Å². The van der Waals surface area contributed by atoms with E-state index in [-0.39, 0.29) is 17.4 Å². The Balaban J connectivity index is 1.38. The zero-order valence-electron chi connectivity index (χ0n) is 16.6. The quantitative estimate of drug-likeness (QED) is 0.582. The van der Waals surface area contributed by atoms with Gasteiger partial charge in [0.15, 0.2) is 0 Å². The van der Waals surface area contributed by atoms with Crippen molar-refractivity contribution in [2.45, 2.75) is 56.5 Å². The van der Waals surface area contributed by atoms with Crippen LogP contribution in [0.2, 0.25) is 0 Å². The van der Waals surface area contributed by atoms with Gasteiger partial charge in [-0.25, -0.2) is 0 Å². The summed E-state index contributed by atoms with van der Waals surface area (Å²) in [7, 11) is 0. The van der Waals surface area contributed by atoms with Crippen LogP contribution in [0.15, 0.2) is 42.2 Å². The Morgan fingerprint density at radius 2 is 1.63 bits per heavy atom. The van der Waals surface area contributed by atoms with Crippen LogP contribution < -0.4 is 4.74 Å². The number of ketones is 1. The van der Waals surface area contributed by atoms with Crippen molar-refractivity contribution in [1.29, 1.82) is 0 Å². The molecule has 0 aromatic heterocycles. The van der Waals surface area contributed by atoms with Crippen molar-refractivity contribution in [3.63, 3.8) is 0 Å². The van der Waals surface area contributed by atoms with Crippen molar-refractivity contribution < 1.29 is 22.7 Å². The molecule has 156 valence electrons. The molecular formula is C25H23F3O2. The predicted molar refractivity (Wildman–Crippen MR) is 107 cm³/mol. The normalized spacial score (nSPS) is 32.0. The monoisotopic (exact) mass is 412 g/mol. The second kappa shape index (κ2) is 6.12. The summed E-state index contributed by atoms with van der Waals surface area (Å²) >= 11 is 0. The van der Waals surface area contributed by atoms with Crippen molar-refractivity contribution in [1.82, 2.24) is 0 Å². The second-order valence-electron chi connectivity index (χ2n) is 9.94. The molecule has 2 aromatic carbocycles. The standard InChI is InChI=1S/C25H23F3O2/c26-25(27,28)23(29)18-9-21-20-3-2-19(8-17(20)1-4-22(21)30-13-18)24-10-14-5-15(11-24)7-16(6-14)12-24/h1-4,8,13-16H,5-7,9-12H2. The third kappa shape index (κ3) is 2.74. The van der Waals surface area contributed by atoms with Crippen molar-refractivity contribution in [2.75, 3.05) is 0 Å². The van der Waals surface area contributed by atoms with Crippen LogP contribution in [0.25, 0.3) is 10.8 Å². The van der Waals surface area contributed by atoms with Crippen LogP contribution in [0.4, 0.5) is 13.2 Å². The van der Waals surface area contributed by atoms with E-state index in [0.29, 0.717) is 11.3 Å². The van der Waals surface area contributed by atoms with Crippen molar-refractivity contribution in [3.8, 4) is 5.75 Å². The molecule has 4 saturated carbocycles. The lowest BCUT2D eigenvalue weighted by Gasteiger charge is -2.57. The number of ether oxygens (including phenoxy) is 1. The van der Waals surface area contributed by atoms with Gasteiger partial charge in [0.1, 0.15) is 5.75 Å². The Bertz CT molecular complexity index is 1060. The SMILES string of the molecule is O=C(C1=COc2ccc3cc(C45CC6CC(CC(C6)C4)C5)ccc3c2C1)C(F)(F)F. The van der Waals surface area contributed by atoms with Crippen LogP contribution in [0.3, 0.4) is 0 Å². The summed E-state index contributed by atoms with van der Waals surface area (Å²) in [4.78, 5) is 11.7. The first-order valence-corrected chi connectivity index (χ1v) is 10.8. The molecule has 4 fully saturated rings. The number of carbonyl (C=O) groups is 1. The summed E-state index contributed by atoms with van der Waals surface area (Å²) in [5.74, 6) is 1.26. The maximum atomic E-state index is 12.9. The fourth-order valence-corrected chi connectivity index (χ4v) is 7.14. The number of Topliss-reactive ketones (excluding diaryl/α,β-unsaturated/α-hetero) is 1. The highest BCUT2D eigenvalue weighted by atomic mass is 19.4. The molecule has 2 nitrogen and oxygen atoms in total. The van der Waals surface area contributed by atoms with Gasteiger partial charge in [-0.3, -0.25) is 4.79 Å². The van der Waals surface area contributed by atoms with Crippen LogP contribution >= 0.6 is 0 Å². The summed E-state index contributed by atoms with van der Waals surface area (Å²) in [6.45, 7) is 0. The molecule has 5 aliphatic rings. The molecule has 5 heteroatoms. The highest BCUT2D eigenvalue weighted by Gasteiger charge is 2.51. The Morgan fingerprint density at radius 1 is 0.967 bits per heavy atom. The van der Waals surface area contributed by atoms with E-state index < -0.39 is 12.0 Å². The van der Waals surface area contributed by atoms with E-state index >= 15 is 0 Å². The number of hydrogen-bond donors (Lipinski definition) is 0. The zero-order valence-corrected chi connectivity index (χ0v) is 16.6. The van der Waals surface area contributed by atoms with Gasteiger partial charge in [-0.15, -0.1) is 0 Å². The van der Waals surface area contributed by atoms with E-state index in [4.69, 9.17) is 4.74 Å². The lowest BCUT2D eigenvalue weighted by atomic mass is 9.48. The number of alkyl halides is 3. The van der Waals surface area contributed by atoms with E-state index in [1.165, 1.54) is 44.1 Å². The molecule has 0 amide bonds. The fourth-order valence-electron chi connectivity index (χ4n) is 7.14. The number of carbonyl (C=O) groups excluding carboxylic acids is 1. The molecule has 2 aromatic rings. The summed E-state index contributed by atoms with van der Waals surface area (Å²) in [6.07, 6.45) is 3.99. The number of allylic oxidation sites excluding steroid dienone is 1. The van der Waals surface area contributed by atoms with Crippen molar-refractivity contribution in [3.05, 3.63) is 53.3 Å². The largest absolute Gasteiger partial charge is 0.464 e. The molecule has 4 bridgehead atoms. The van der Waals surface area contributed by atoms with Crippen molar-refractivity contribution >= 4 is 16.6 Å². The first-order chi connectivity index (χ1) is 14.3. The molecule has 30 heavy (non-hydrogen) atoms. The zero-order chi connectivity index (χ0) is 20.7. The highest BCUT2D eigenvalue weighted by molar-refractivity contribution is 6.01. The molecule has 0 radical (unpaired) electrons. The molecule has 7 rings (SSSR count). The lowest BCUT2D eigenvalue weighted by molar-refractivity contribution is -0.166. The van der Waals surface area contributed by atoms with Gasteiger partial charge in [0.05, 0.1) is 6.26 Å². The Labute approximate surface area is 173 Å². The molecule has 0 saturated heterocycles. The maximum absolute atomic E-state index is 12.9. The minimum atomic E-state index is -4.89. The second-order valence-corrected chi connectivity index (χ2v) is 9.94. The summed E-state index contributed by atoms with van der Waals surface area (Å²) in [6, 6.07) is 10.3. The predicted octanol–water partition coefficient (Wildman–Crippen LogP) is 6.26. The van der Waals surface area contributed by atoms with E-state index in [0.717, 1.165) is 34.8 Å². The van der Waals surface area contributed by atoms with E-state index in [9.17, 15) is 18.0 Å². The molecule has 1 aliphatic heterocycles. The average Bonchev–Trinajstić information content (AvgIpc) is 2.70. The van der Waals surface area contributed by atoms with Crippen LogP contribution in [-0.2, 0) is 16.6 Å². The molecule has 0 unspecified atom stereocenters. The molecule has 1 heterocycles. The van der Waals surface area contributed by atoms with Crippen LogP contribution in [0.1, 0.15) is 49.7 Å². The summed E-state index contributed by atoms with van der Waals surface area (Å²) in [5.41, 5.74) is 1.98. The third-order valence-corrected chi connectivity index (χ3v) is 7.98. The summed E-state index contributed by atoms with van der Waals surface area (Å²) in [5, 5.41) is 1.90. The highest BCUT2D eigenvalue weighted by Crippen LogP contribution is 2.61. The molecule has 0 spiro atoms. The topological polar surface area (TPSA) is 26.3 Å². The van der Waals surface area contributed by atoms with Gasteiger partial charge in [-0.05, 0) is 84.1 Å². The van der Waals surface area contributed by atoms with Gasteiger partial charge in [0.2, 0.25) is 0 Å². The summed E-state index contributed by atoms with van der Waals surface area (Å²) < 4.78 is 44.1. The van der Waals surface area contributed by atoms with Crippen LogP contribution in [0.5, 0.6) is 5.75 Å². The minimum absolute atomic E-state index is 0.0538. The number of hydrogen-bond acceptors (Lipinski definition) is 2. The number of rotatable bonds is 2. The van der Waals surface area contributed by atoms with E-state index in [1.807, 2.05) is 18.2 Å². The van der Waals surface area contributed by atoms with E-state index in [1.54, 1.807) is 0 Å². The molecular weight excluding hydrogens is 389 g/mol. The smallest absolute Gasteiger partial charge is 0.454 e.